The number of carbonyl (C=O) groups is 1. The van der Waals surface area contributed by atoms with Crippen molar-refractivity contribution in [3.05, 3.63) is 75.7 Å². The van der Waals surface area contributed by atoms with Crippen molar-refractivity contribution < 1.29 is 9.90 Å². The van der Waals surface area contributed by atoms with Crippen LogP contribution in [0.25, 0.3) is 21.3 Å². The van der Waals surface area contributed by atoms with Gasteiger partial charge in [0.1, 0.15) is 16.6 Å². The van der Waals surface area contributed by atoms with Crippen molar-refractivity contribution in [1.29, 1.82) is 0 Å². The predicted molar refractivity (Wildman–Crippen MR) is 125 cm³/mol. The molecule has 0 bridgehead atoms. The number of fused-ring (bicyclic) bond motifs is 1. The Hall–Kier alpha value is -3.45. The van der Waals surface area contributed by atoms with E-state index in [-0.39, 0.29) is 17.2 Å². The third kappa shape index (κ3) is 3.96. The van der Waals surface area contributed by atoms with E-state index in [1.165, 1.54) is 39.9 Å². The molecule has 0 fully saturated rings. The fourth-order valence-corrected chi connectivity index (χ4v) is 4.47. The van der Waals surface area contributed by atoms with Crippen LogP contribution >= 0.6 is 11.3 Å². The number of hydrogen-bond acceptors (Lipinski definition) is 5. The maximum atomic E-state index is 13.5. The molecular formula is C24H23N3O3S. The van der Waals surface area contributed by atoms with E-state index in [0.29, 0.717) is 22.3 Å². The number of carbonyl (C=O) groups excluding carboxylic acids is 1. The van der Waals surface area contributed by atoms with Crippen molar-refractivity contribution in [3.8, 4) is 16.9 Å². The molecule has 0 aliphatic carbocycles. The number of anilines is 1. The third-order valence-corrected chi connectivity index (χ3v) is 6.38. The average molecular weight is 434 g/mol. The highest BCUT2D eigenvalue weighted by Gasteiger charge is 2.23. The Labute approximate surface area is 183 Å². The highest BCUT2D eigenvalue weighted by Crippen LogP contribution is 2.32. The zero-order valence-electron chi connectivity index (χ0n) is 17.5. The average Bonchev–Trinajstić information content (AvgIpc) is 3.19. The van der Waals surface area contributed by atoms with Crippen molar-refractivity contribution in [2.24, 2.45) is 0 Å². The quantitative estimate of drug-likeness (QED) is 0.432. The number of aromatic hydroxyl groups is 1. The minimum absolute atomic E-state index is 0.118. The first-order valence-electron chi connectivity index (χ1n) is 10.0. The van der Waals surface area contributed by atoms with Crippen LogP contribution in [-0.4, -0.2) is 20.6 Å². The van der Waals surface area contributed by atoms with Gasteiger partial charge < -0.3 is 10.4 Å². The maximum Gasteiger partial charge on any atom is 0.263 e. The molecular weight excluding hydrogens is 410 g/mol. The Bertz CT molecular complexity index is 1320. The van der Waals surface area contributed by atoms with E-state index in [2.05, 4.69) is 23.3 Å². The normalized spacial score (nSPS) is 12.1. The SMILES string of the molecule is CCC(C(=O)Nc1ccc(O)cc1)n1cnc2scc(-c3ccc(C)c(C)c3)c2c1=O. The number of aromatic nitrogens is 2. The van der Waals surface area contributed by atoms with Crippen LogP contribution in [0.4, 0.5) is 5.69 Å². The van der Waals surface area contributed by atoms with E-state index in [1.54, 1.807) is 12.1 Å². The number of benzene rings is 2. The highest BCUT2D eigenvalue weighted by molar-refractivity contribution is 7.17. The first kappa shape index (κ1) is 20.8. The maximum absolute atomic E-state index is 13.5. The van der Waals surface area contributed by atoms with Crippen molar-refractivity contribution in [2.75, 3.05) is 5.32 Å². The number of phenolic OH excluding ortho intramolecular Hbond substituents is 1. The van der Waals surface area contributed by atoms with Gasteiger partial charge in [0.25, 0.3) is 5.56 Å². The van der Waals surface area contributed by atoms with Crippen LogP contribution in [0.5, 0.6) is 5.75 Å². The van der Waals surface area contributed by atoms with Gasteiger partial charge >= 0.3 is 0 Å². The number of nitrogens with one attached hydrogen (secondary N) is 1. The number of phenols is 1. The molecule has 0 radical (unpaired) electrons. The molecule has 0 saturated carbocycles. The zero-order chi connectivity index (χ0) is 22.1. The number of thiophene rings is 1. The lowest BCUT2D eigenvalue weighted by Crippen LogP contribution is -2.33. The molecule has 0 spiro atoms. The molecule has 1 amide bonds. The molecule has 0 aliphatic heterocycles. The second-order valence-corrected chi connectivity index (χ2v) is 8.40. The molecule has 1 atom stereocenters. The third-order valence-electron chi connectivity index (χ3n) is 5.50. The van der Waals surface area contributed by atoms with Gasteiger partial charge in [0.2, 0.25) is 5.91 Å². The second kappa shape index (κ2) is 8.35. The van der Waals surface area contributed by atoms with Gasteiger partial charge in [0, 0.05) is 16.6 Å². The first-order chi connectivity index (χ1) is 14.9. The summed E-state index contributed by atoms with van der Waals surface area (Å²) in [5.41, 5.74) is 4.47. The minimum atomic E-state index is -0.703. The summed E-state index contributed by atoms with van der Waals surface area (Å²) in [6, 6.07) is 11.6. The standard InChI is InChI=1S/C24H23N3O3S/c1-4-20(22(29)26-17-7-9-18(28)10-8-17)27-13-25-23-21(24(27)30)19(12-31-23)16-6-5-14(2)15(3)11-16/h5-13,20,28H,4H2,1-3H3,(H,26,29). The molecule has 2 N–H and O–H groups in total. The molecule has 158 valence electrons. The van der Waals surface area contributed by atoms with Gasteiger partial charge in [-0.2, -0.15) is 0 Å². The molecule has 4 rings (SSSR count). The van der Waals surface area contributed by atoms with Gasteiger partial charge in [-0.3, -0.25) is 14.2 Å². The molecule has 2 aromatic carbocycles. The number of hydrogen-bond donors (Lipinski definition) is 2. The number of aryl methyl sites for hydroxylation is 2. The van der Waals surface area contributed by atoms with E-state index in [1.807, 2.05) is 31.4 Å². The lowest BCUT2D eigenvalue weighted by atomic mass is 10.0. The Kier molecular flexibility index (Phi) is 5.61. The summed E-state index contributed by atoms with van der Waals surface area (Å²) in [6.45, 7) is 5.96. The van der Waals surface area contributed by atoms with Crippen molar-refractivity contribution in [3.63, 3.8) is 0 Å². The molecule has 0 saturated heterocycles. The molecule has 4 aromatic rings. The summed E-state index contributed by atoms with van der Waals surface area (Å²) in [7, 11) is 0. The van der Waals surface area contributed by atoms with Crippen LogP contribution in [0.2, 0.25) is 0 Å². The summed E-state index contributed by atoms with van der Waals surface area (Å²) < 4.78 is 1.41. The van der Waals surface area contributed by atoms with Crippen molar-refractivity contribution >= 4 is 33.1 Å². The summed E-state index contributed by atoms with van der Waals surface area (Å²) in [6.07, 6.45) is 1.88. The van der Waals surface area contributed by atoms with Gasteiger partial charge in [-0.1, -0.05) is 25.1 Å². The fraction of sp³-hybridized carbons (Fsp3) is 0.208. The Morgan fingerprint density at radius 2 is 1.90 bits per heavy atom. The van der Waals surface area contributed by atoms with E-state index in [0.717, 1.165) is 16.7 Å². The van der Waals surface area contributed by atoms with Gasteiger partial charge in [-0.15, -0.1) is 11.3 Å². The summed E-state index contributed by atoms with van der Waals surface area (Å²) >= 11 is 1.42. The van der Waals surface area contributed by atoms with Gasteiger partial charge in [0.05, 0.1) is 11.7 Å². The minimum Gasteiger partial charge on any atom is -0.508 e. The monoisotopic (exact) mass is 433 g/mol. The van der Waals surface area contributed by atoms with Crippen LogP contribution in [0, 0.1) is 13.8 Å². The lowest BCUT2D eigenvalue weighted by Gasteiger charge is -2.18. The molecule has 2 aromatic heterocycles. The largest absolute Gasteiger partial charge is 0.508 e. The number of nitrogens with zero attached hydrogens (tertiary/aromatic N) is 2. The molecule has 31 heavy (non-hydrogen) atoms. The van der Waals surface area contributed by atoms with E-state index < -0.39 is 6.04 Å². The van der Waals surface area contributed by atoms with Gasteiger partial charge in [-0.05, 0) is 61.2 Å². The van der Waals surface area contributed by atoms with Crippen LogP contribution in [-0.2, 0) is 4.79 Å². The summed E-state index contributed by atoms with van der Waals surface area (Å²) in [4.78, 5) is 31.5. The Morgan fingerprint density at radius 1 is 1.16 bits per heavy atom. The molecule has 1 unspecified atom stereocenters. The van der Waals surface area contributed by atoms with Gasteiger partial charge in [-0.25, -0.2) is 4.98 Å². The lowest BCUT2D eigenvalue weighted by molar-refractivity contribution is -0.119. The summed E-state index contributed by atoms with van der Waals surface area (Å²) in [5.74, 6) is -0.188. The van der Waals surface area contributed by atoms with Crippen LogP contribution in [0.1, 0.15) is 30.5 Å². The molecule has 2 heterocycles. The smallest absolute Gasteiger partial charge is 0.263 e. The fourth-order valence-electron chi connectivity index (χ4n) is 3.57. The highest BCUT2D eigenvalue weighted by atomic mass is 32.1. The van der Waals surface area contributed by atoms with E-state index in [4.69, 9.17) is 0 Å². The second-order valence-electron chi connectivity index (χ2n) is 7.55. The Balaban J connectivity index is 1.75. The zero-order valence-corrected chi connectivity index (χ0v) is 18.4. The van der Waals surface area contributed by atoms with Crippen LogP contribution < -0.4 is 10.9 Å². The topological polar surface area (TPSA) is 84.2 Å². The predicted octanol–water partition coefficient (Wildman–Crippen LogP) is 5.04. The summed E-state index contributed by atoms with van der Waals surface area (Å²) in [5, 5.41) is 14.7. The molecule has 6 nitrogen and oxygen atoms in total. The Morgan fingerprint density at radius 3 is 2.58 bits per heavy atom. The number of amides is 1. The van der Waals surface area contributed by atoms with E-state index in [9.17, 15) is 14.7 Å². The van der Waals surface area contributed by atoms with Crippen LogP contribution in [0.15, 0.2) is 59.0 Å². The van der Waals surface area contributed by atoms with Crippen LogP contribution in [0.3, 0.4) is 0 Å². The molecule has 0 aliphatic rings. The van der Waals surface area contributed by atoms with E-state index >= 15 is 0 Å². The molecule has 7 heteroatoms. The van der Waals surface area contributed by atoms with Crippen molar-refractivity contribution in [2.45, 2.75) is 33.2 Å². The van der Waals surface area contributed by atoms with Gasteiger partial charge in [0.15, 0.2) is 0 Å². The number of rotatable bonds is 5. The first-order valence-corrected chi connectivity index (χ1v) is 10.9. The van der Waals surface area contributed by atoms with Crippen molar-refractivity contribution in [1.82, 2.24) is 9.55 Å².